The van der Waals surface area contributed by atoms with Gasteiger partial charge in [-0.15, -0.1) is 0 Å². The van der Waals surface area contributed by atoms with Gasteiger partial charge in [0.15, 0.2) is 5.11 Å². The van der Waals surface area contributed by atoms with E-state index in [1.54, 1.807) is 36.0 Å². The largest absolute Gasteiger partial charge is 0.362 e. The summed E-state index contributed by atoms with van der Waals surface area (Å²) in [6.07, 6.45) is 0.879. The first-order chi connectivity index (χ1) is 11.6. The SMILES string of the molecule is Fc1ccccc1CSCCCNC(=S)Nc1ccc(Br)cc1F. The minimum Gasteiger partial charge on any atom is -0.362 e. The molecule has 0 unspecified atom stereocenters. The average molecular weight is 431 g/mol. The van der Waals surface area contributed by atoms with Crippen molar-refractivity contribution in [1.82, 2.24) is 5.32 Å². The zero-order chi connectivity index (χ0) is 17.4. The van der Waals surface area contributed by atoms with Crippen molar-refractivity contribution >= 4 is 50.7 Å². The molecule has 0 atom stereocenters. The lowest BCUT2D eigenvalue weighted by atomic mass is 10.2. The smallest absolute Gasteiger partial charge is 0.170 e. The number of anilines is 1. The molecule has 0 aromatic heterocycles. The highest BCUT2D eigenvalue weighted by molar-refractivity contribution is 9.10. The van der Waals surface area contributed by atoms with Crippen LogP contribution < -0.4 is 10.6 Å². The van der Waals surface area contributed by atoms with Crippen LogP contribution in [-0.2, 0) is 5.75 Å². The van der Waals surface area contributed by atoms with Gasteiger partial charge in [-0.3, -0.25) is 0 Å². The molecule has 0 amide bonds. The Balaban J connectivity index is 1.62. The van der Waals surface area contributed by atoms with Crippen LogP contribution in [0.5, 0.6) is 0 Å². The molecule has 0 bridgehead atoms. The Morgan fingerprint density at radius 3 is 2.67 bits per heavy atom. The molecule has 0 heterocycles. The molecule has 0 aliphatic heterocycles. The van der Waals surface area contributed by atoms with Crippen LogP contribution in [0, 0.1) is 11.6 Å². The normalized spacial score (nSPS) is 10.5. The number of benzene rings is 2. The third-order valence-electron chi connectivity index (χ3n) is 3.15. The quantitative estimate of drug-likeness (QED) is 0.457. The molecule has 2 rings (SSSR count). The van der Waals surface area contributed by atoms with E-state index in [1.807, 2.05) is 6.07 Å². The molecule has 0 saturated heterocycles. The van der Waals surface area contributed by atoms with Crippen molar-refractivity contribution in [2.45, 2.75) is 12.2 Å². The molecular formula is C17H17BrF2N2S2. The maximum absolute atomic E-state index is 13.7. The van der Waals surface area contributed by atoms with Crippen LogP contribution in [0.3, 0.4) is 0 Å². The van der Waals surface area contributed by atoms with Crippen molar-refractivity contribution in [3.63, 3.8) is 0 Å². The second-order valence-electron chi connectivity index (χ2n) is 5.00. The minimum atomic E-state index is -0.367. The Hall–Kier alpha value is -1.18. The van der Waals surface area contributed by atoms with Gasteiger partial charge in [0, 0.05) is 16.8 Å². The summed E-state index contributed by atoms with van der Waals surface area (Å²) in [5, 5.41) is 6.25. The van der Waals surface area contributed by atoms with Crippen LogP contribution in [0.1, 0.15) is 12.0 Å². The van der Waals surface area contributed by atoms with E-state index in [1.165, 1.54) is 12.1 Å². The van der Waals surface area contributed by atoms with Gasteiger partial charge in [0.2, 0.25) is 0 Å². The number of thiocarbonyl (C=S) groups is 1. The molecule has 0 aliphatic carbocycles. The molecule has 0 fully saturated rings. The lowest BCUT2D eigenvalue weighted by molar-refractivity contribution is 0.617. The third kappa shape index (κ3) is 6.37. The van der Waals surface area contributed by atoms with Gasteiger partial charge < -0.3 is 10.6 Å². The summed E-state index contributed by atoms with van der Waals surface area (Å²) >= 11 is 10.0. The highest BCUT2D eigenvalue weighted by Crippen LogP contribution is 2.19. The van der Waals surface area contributed by atoms with Crippen molar-refractivity contribution in [3.8, 4) is 0 Å². The molecule has 2 aromatic rings. The van der Waals surface area contributed by atoms with Gasteiger partial charge in [0.05, 0.1) is 5.69 Å². The Bertz CT molecular complexity index is 698. The second-order valence-corrected chi connectivity index (χ2v) is 7.43. The average Bonchev–Trinajstić information content (AvgIpc) is 2.55. The van der Waals surface area contributed by atoms with Crippen molar-refractivity contribution in [3.05, 3.63) is 64.1 Å². The second kappa shape index (κ2) is 9.96. The van der Waals surface area contributed by atoms with Gasteiger partial charge in [-0.05, 0) is 54.2 Å². The summed E-state index contributed by atoms with van der Waals surface area (Å²) in [7, 11) is 0. The summed E-state index contributed by atoms with van der Waals surface area (Å²) in [4.78, 5) is 0. The zero-order valence-corrected chi connectivity index (χ0v) is 16.0. The number of thioether (sulfide) groups is 1. The van der Waals surface area contributed by atoms with Crippen LogP contribution in [0.4, 0.5) is 14.5 Å². The molecule has 2 N–H and O–H groups in total. The fourth-order valence-electron chi connectivity index (χ4n) is 1.93. The standard InChI is InChI=1S/C17H17BrF2N2S2/c18-13-6-7-16(15(20)10-13)22-17(23)21-8-3-9-24-11-12-4-1-2-5-14(12)19/h1-2,4-7,10H,3,8-9,11H2,(H2,21,22,23). The van der Waals surface area contributed by atoms with E-state index in [2.05, 4.69) is 26.6 Å². The van der Waals surface area contributed by atoms with Gasteiger partial charge in [-0.1, -0.05) is 34.1 Å². The molecule has 128 valence electrons. The first-order valence-corrected chi connectivity index (χ1v) is 9.73. The van der Waals surface area contributed by atoms with Crippen LogP contribution in [0.2, 0.25) is 0 Å². The summed E-state index contributed by atoms with van der Waals surface area (Å²) in [5.41, 5.74) is 1.06. The van der Waals surface area contributed by atoms with Gasteiger partial charge >= 0.3 is 0 Å². The summed E-state index contributed by atoms with van der Waals surface area (Å²) < 4.78 is 27.8. The topological polar surface area (TPSA) is 24.1 Å². The van der Waals surface area contributed by atoms with Gasteiger partial charge in [0.25, 0.3) is 0 Å². The maximum Gasteiger partial charge on any atom is 0.170 e. The highest BCUT2D eigenvalue weighted by atomic mass is 79.9. The summed E-state index contributed by atoms with van der Waals surface area (Å²) in [6, 6.07) is 11.5. The van der Waals surface area contributed by atoms with Crippen molar-refractivity contribution in [2.75, 3.05) is 17.6 Å². The van der Waals surface area contributed by atoms with Crippen LogP contribution in [-0.4, -0.2) is 17.4 Å². The Morgan fingerprint density at radius 2 is 1.92 bits per heavy atom. The Kier molecular flexibility index (Phi) is 7.94. The molecule has 24 heavy (non-hydrogen) atoms. The van der Waals surface area contributed by atoms with Crippen LogP contribution in [0.15, 0.2) is 46.9 Å². The van der Waals surface area contributed by atoms with E-state index in [-0.39, 0.29) is 11.6 Å². The van der Waals surface area contributed by atoms with E-state index in [9.17, 15) is 8.78 Å². The van der Waals surface area contributed by atoms with Gasteiger partial charge in [-0.2, -0.15) is 11.8 Å². The lowest BCUT2D eigenvalue weighted by Gasteiger charge is -2.11. The monoisotopic (exact) mass is 430 g/mol. The van der Waals surface area contributed by atoms with Crippen molar-refractivity contribution in [2.24, 2.45) is 0 Å². The Labute approximate surface area is 158 Å². The maximum atomic E-state index is 13.7. The predicted octanol–water partition coefficient (Wildman–Crippen LogP) is 5.34. The molecule has 7 heteroatoms. The third-order valence-corrected chi connectivity index (χ3v) is 4.98. The summed E-state index contributed by atoms with van der Waals surface area (Å²) in [5.74, 6) is 1.01. The molecule has 0 saturated carbocycles. The Morgan fingerprint density at radius 1 is 1.12 bits per heavy atom. The first-order valence-electron chi connectivity index (χ1n) is 7.37. The number of hydrogen-bond donors (Lipinski definition) is 2. The molecule has 0 spiro atoms. The van der Waals surface area contributed by atoms with Crippen LogP contribution in [0.25, 0.3) is 0 Å². The van der Waals surface area contributed by atoms with Crippen LogP contribution >= 0.6 is 39.9 Å². The fourth-order valence-corrected chi connectivity index (χ4v) is 3.42. The molecule has 2 nitrogen and oxygen atoms in total. The van der Waals surface area contributed by atoms with E-state index in [0.717, 1.165) is 17.7 Å². The highest BCUT2D eigenvalue weighted by Gasteiger charge is 2.04. The summed E-state index contributed by atoms with van der Waals surface area (Å²) in [6.45, 7) is 0.675. The van der Waals surface area contributed by atoms with E-state index in [0.29, 0.717) is 27.6 Å². The molecule has 0 radical (unpaired) electrons. The van der Waals surface area contributed by atoms with Crippen molar-refractivity contribution < 1.29 is 8.78 Å². The number of halogens is 3. The number of hydrogen-bond acceptors (Lipinski definition) is 2. The molecular weight excluding hydrogens is 414 g/mol. The van der Waals surface area contributed by atoms with E-state index >= 15 is 0 Å². The first kappa shape index (κ1) is 19.1. The molecule has 2 aromatic carbocycles. The van der Waals surface area contributed by atoms with Gasteiger partial charge in [-0.25, -0.2) is 8.78 Å². The van der Waals surface area contributed by atoms with E-state index in [4.69, 9.17) is 12.2 Å². The zero-order valence-electron chi connectivity index (χ0n) is 12.8. The minimum absolute atomic E-state index is 0.162. The predicted molar refractivity (Wildman–Crippen MR) is 106 cm³/mol. The lowest BCUT2D eigenvalue weighted by Crippen LogP contribution is -2.29. The van der Waals surface area contributed by atoms with Gasteiger partial charge in [0.1, 0.15) is 11.6 Å². The number of rotatable bonds is 7. The van der Waals surface area contributed by atoms with Crippen molar-refractivity contribution in [1.29, 1.82) is 0 Å². The van der Waals surface area contributed by atoms with E-state index < -0.39 is 0 Å². The fraction of sp³-hybridized carbons (Fsp3) is 0.235. The molecule has 0 aliphatic rings. The number of nitrogens with one attached hydrogen (secondary N) is 2.